The van der Waals surface area contributed by atoms with Crippen LogP contribution in [0.1, 0.15) is 0 Å². The van der Waals surface area contributed by atoms with Crippen molar-refractivity contribution in [3.63, 3.8) is 0 Å². The maximum Gasteiger partial charge on any atom is 0.160 e. The molecule has 0 spiro atoms. The molecule has 12 rings (SSSR count). The van der Waals surface area contributed by atoms with Gasteiger partial charge in [-0.25, -0.2) is 15.0 Å². The number of aromatic nitrogens is 4. The lowest BCUT2D eigenvalue weighted by Gasteiger charge is -2.13. The number of hydrogen-bond acceptors (Lipinski definition) is 4. The van der Waals surface area contributed by atoms with E-state index in [4.69, 9.17) is 15.0 Å². The Morgan fingerprint density at radius 2 is 1.12 bits per heavy atom. The first-order chi connectivity index (χ1) is 27.7. The minimum Gasteiger partial charge on any atom is -0.294 e. The maximum atomic E-state index is 5.44. The summed E-state index contributed by atoms with van der Waals surface area (Å²) >= 11 is 1.83. The molecular formula is C51H30N4S. The third kappa shape index (κ3) is 4.75. The van der Waals surface area contributed by atoms with Gasteiger partial charge in [-0.05, 0) is 81.2 Å². The third-order valence-electron chi connectivity index (χ3n) is 11.2. The van der Waals surface area contributed by atoms with Gasteiger partial charge in [0.15, 0.2) is 5.82 Å². The first-order valence-corrected chi connectivity index (χ1v) is 19.7. The number of para-hydroxylation sites is 1. The van der Waals surface area contributed by atoms with Gasteiger partial charge in [-0.2, -0.15) is 0 Å². The van der Waals surface area contributed by atoms with Crippen LogP contribution >= 0.6 is 11.3 Å². The molecule has 0 aliphatic rings. The van der Waals surface area contributed by atoms with Crippen molar-refractivity contribution in [2.45, 2.75) is 0 Å². The average molecular weight is 731 g/mol. The van der Waals surface area contributed by atoms with Crippen molar-refractivity contribution in [3.8, 4) is 39.6 Å². The quantitative estimate of drug-likeness (QED) is 0.181. The summed E-state index contributed by atoms with van der Waals surface area (Å²) in [5.74, 6) is 1.62. The average Bonchev–Trinajstić information content (AvgIpc) is 3.80. The van der Waals surface area contributed by atoms with Gasteiger partial charge in [0, 0.05) is 53.7 Å². The summed E-state index contributed by atoms with van der Waals surface area (Å²) in [5.41, 5.74) is 8.54. The number of rotatable bonds is 4. The summed E-state index contributed by atoms with van der Waals surface area (Å²) in [6.45, 7) is 0. The molecule has 0 N–H and O–H groups in total. The first kappa shape index (κ1) is 31.2. The van der Waals surface area contributed by atoms with Crippen molar-refractivity contribution < 1.29 is 0 Å². The Morgan fingerprint density at radius 1 is 0.429 bits per heavy atom. The highest BCUT2D eigenvalue weighted by Gasteiger charge is 2.19. The lowest BCUT2D eigenvalue weighted by Crippen LogP contribution is -1.97. The van der Waals surface area contributed by atoms with Gasteiger partial charge in [0.05, 0.1) is 22.2 Å². The molecule has 0 amide bonds. The largest absolute Gasteiger partial charge is 0.294 e. The van der Waals surface area contributed by atoms with E-state index in [0.29, 0.717) is 5.82 Å². The molecule has 0 atom stereocenters. The van der Waals surface area contributed by atoms with E-state index in [0.717, 1.165) is 55.7 Å². The Bertz CT molecular complexity index is 3520. The summed E-state index contributed by atoms with van der Waals surface area (Å²) < 4.78 is 4.75. The molecule has 0 fully saturated rings. The zero-order valence-electron chi connectivity index (χ0n) is 30.0. The highest BCUT2D eigenvalue weighted by molar-refractivity contribution is 7.26. The predicted octanol–water partition coefficient (Wildman–Crippen LogP) is 13.8. The summed E-state index contributed by atoms with van der Waals surface area (Å²) in [6, 6.07) is 62.9. The zero-order valence-corrected chi connectivity index (χ0v) is 30.8. The Balaban J connectivity index is 1.06. The second-order valence-electron chi connectivity index (χ2n) is 14.4. The van der Waals surface area contributed by atoms with Crippen LogP contribution in [0.5, 0.6) is 0 Å². The van der Waals surface area contributed by atoms with Gasteiger partial charge in [0.25, 0.3) is 0 Å². The van der Waals surface area contributed by atoms with Crippen LogP contribution in [-0.2, 0) is 0 Å². The van der Waals surface area contributed by atoms with E-state index in [1.807, 2.05) is 29.7 Å². The molecule has 0 aliphatic heterocycles. The molecule has 0 saturated heterocycles. The van der Waals surface area contributed by atoms with Crippen molar-refractivity contribution >= 4 is 85.8 Å². The molecular weight excluding hydrogens is 701 g/mol. The van der Waals surface area contributed by atoms with Gasteiger partial charge >= 0.3 is 0 Å². The second-order valence-corrected chi connectivity index (χ2v) is 15.5. The second kappa shape index (κ2) is 12.2. The maximum absolute atomic E-state index is 5.44. The summed E-state index contributed by atoms with van der Waals surface area (Å²) in [4.78, 5) is 15.6. The van der Waals surface area contributed by atoms with Gasteiger partial charge < -0.3 is 0 Å². The van der Waals surface area contributed by atoms with Crippen LogP contribution < -0.4 is 0 Å². The molecule has 0 aliphatic carbocycles. The molecule has 5 heteroatoms. The monoisotopic (exact) mass is 730 g/mol. The van der Waals surface area contributed by atoms with Crippen LogP contribution in [0.25, 0.3) is 114 Å². The van der Waals surface area contributed by atoms with Gasteiger partial charge in [-0.1, -0.05) is 127 Å². The fourth-order valence-corrected chi connectivity index (χ4v) is 9.74. The SMILES string of the molecule is c1ccc(-n2c3ccccc3c3ccc(-c4ccc(-c5nc(-c6cccc7ccccc67)c6ccc7sc8cc9ccccc9cc8c7c6n5)cc4)cc32)nc1. The van der Waals surface area contributed by atoms with Crippen LogP contribution in [0.2, 0.25) is 0 Å². The minimum atomic E-state index is 0.713. The van der Waals surface area contributed by atoms with Gasteiger partial charge in [-0.15, -0.1) is 11.3 Å². The summed E-state index contributed by atoms with van der Waals surface area (Å²) in [5, 5.41) is 10.7. The molecule has 0 unspecified atom stereocenters. The van der Waals surface area contributed by atoms with Crippen LogP contribution in [0.3, 0.4) is 0 Å². The van der Waals surface area contributed by atoms with E-state index in [-0.39, 0.29) is 0 Å². The van der Waals surface area contributed by atoms with E-state index in [9.17, 15) is 0 Å². The van der Waals surface area contributed by atoms with Crippen LogP contribution in [-0.4, -0.2) is 19.5 Å². The first-order valence-electron chi connectivity index (χ1n) is 18.8. The number of thiophene rings is 1. The van der Waals surface area contributed by atoms with Crippen molar-refractivity contribution in [2.75, 3.05) is 0 Å². The summed E-state index contributed by atoms with van der Waals surface area (Å²) in [6.07, 6.45) is 1.85. The van der Waals surface area contributed by atoms with Crippen LogP contribution in [0.4, 0.5) is 0 Å². The number of pyridine rings is 1. The zero-order chi connectivity index (χ0) is 36.7. The van der Waals surface area contributed by atoms with Crippen molar-refractivity contribution in [1.82, 2.24) is 19.5 Å². The molecule has 56 heavy (non-hydrogen) atoms. The fraction of sp³-hybridized carbons (Fsp3) is 0. The standard InChI is InChI=1S/C51H30N4S/c1-2-12-35-30-46-42(28-34(35)11-1)48-45(56-46)26-25-41-49(40-16-9-13-32-10-3-4-14-37(32)40)53-51(54-50(41)48)33-21-19-31(20-22-33)36-23-24-39-38-15-5-6-17-43(38)55(44(39)29-36)47-18-7-8-27-52-47/h1-30H. The van der Waals surface area contributed by atoms with Gasteiger partial charge in [0.2, 0.25) is 0 Å². The van der Waals surface area contributed by atoms with Crippen molar-refractivity contribution in [3.05, 3.63) is 182 Å². The molecule has 4 heterocycles. The molecule has 0 bridgehead atoms. The summed E-state index contributed by atoms with van der Waals surface area (Å²) in [7, 11) is 0. The molecule has 260 valence electrons. The van der Waals surface area contributed by atoms with Crippen LogP contribution in [0, 0.1) is 0 Å². The van der Waals surface area contributed by atoms with E-state index in [1.54, 1.807) is 0 Å². The highest BCUT2D eigenvalue weighted by Crippen LogP contribution is 2.43. The van der Waals surface area contributed by atoms with E-state index >= 15 is 0 Å². The molecule has 0 radical (unpaired) electrons. The Labute approximate surface area is 325 Å². The van der Waals surface area contributed by atoms with Gasteiger partial charge in [-0.3, -0.25) is 4.57 Å². The predicted molar refractivity (Wildman–Crippen MR) is 236 cm³/mol. The van der Waals surface area contributed by atoms with E-state index in [2.05, 4.69) is 168 Å². The Morgan fingerprint density at radius 3 is 1.98 bits per heavy atom. The van der Waals surface area contributed by atoms with E-state index < -0.39 is 0 Å². The smallest absolute Gasteiger partial charge is 0.160 e. The highest BCUT2D eigenvalue weighted by atomic mass is 32.1. The third-order valence-corrected chi connectivity index (χ3v) is 12.4. The normalized spacial score (nSPS) is 11.9. The van der Waals surface area contributed by atoms with E-state index in [1.165, 1.54) is 52.5 Å². The lowest BCUT2D eigenvalue weighted by molar-refractivity contribution is 1.08. The van der Waals surface area contributed by atoms with Gasteiger partial charge in [0.1, 0.15) is 5.82 Å². The number of nitrogens with zero attached hydrogens (tertiary/aromatic N) is 4. The lowest BCUT2D eigenvalue weighted by atomic mass is 9.97. The van der Waals surface area contributed by atoms with Crippen LogP contribution in [0.15, 0.2) is 182 Å². The molecule has 4 nitrogen and oxygen atoms in total. The number of hydrogen-bond donors (Lipinski definition) is 0. The van der Waals surface area contributed by atoms with Crippen molar-refractivity contribution in [1.29, 1.82) is 0 Å². The molecule has 12 aromatic rings. The molecule has 8 aromatic carbocycles. The number of benzene rings is 8. The molecule has 0 saturated carbocycles. The number of fused-ring (bicyclic) bond motifs is 10. The topological polar surface area (TPSA) is 43.6 Å². The Kier molecular flexibility index (Phi) is 6.76. The minimum absolute atomic E-state index is 0.713. The van der Waals surface area contributed by atoms with Crippen molar-refractivity contribution in [2.24, 2.45) is 0 Å². The molecule has 4 aromatic heterocycles. The fourth-order valence-electron chi connectivity index (χ4n) is 8.60. The Hall–Kier alpha value is -7.21.